The van der Waals surface area contributed by atoms with Gasteiger partial charge in [0.15, 0.2) is 0 Å². The molecule has 0 fully saturated rings. The summed E-state index contributed by atoms with van der Waals surface area (Å²) in [5.41, 5.74) is 6.76. The lowest BCUT2D eigenvalue weighted by Gasteiger charge is -2.07. The summed E-state index contributed by atoms with van der Waals surface area (Å²) in [4.78, 5) is 4.17. The molecule has 0 radical (unpaired) electrons. The average Bonchev–Trinajstić information content (AvgIpc) is 2.63. The van der Waals surface area contributed by atoms with E-state index in [9.17, 15) is 10.3 Å². The lowest BCUT2D eigenvalue weighted by molar-refractivity contribution is 0.195. The second-order valence-corrected chi connectivity index (χ2v) is 4.06. The SMILES string of the molecule is CC(O)CNc1nc2cccc(C(=N)N)c2n1O. The van der Waals surface area contributed by atoms with Gasteiger partial charge in [-0.15, -0.1) is 4.73 Å². The number of aromatic nitrogens is 2. The highest BCUT2D eigenvalue weighted by Gasteiger charge is 2.14. The van der Waals surface area contributed by atoms with Crippen LogP contribution in [0, 0.1) is 5.41 Å². The van der Waals surface area contributed by atoms with Crippen LogP contribution < -0.4 is 11.1 Å². The van der Waals surface area contributed by atoms with Crippen molar-refractivity contribution in [1.82, 2.24) is 9.71 Å². The van der Waals surface area contributed by atoms with Crippen LogP contribution in [0.5, 0.6) is 0 Å². The molecule has 2 rings (SSSR count). The molecule has 0 amide bonds. The Bertz CT molecular complexity index is 590. The Hall–Kier alpha value is -2.28. The molecule has 1 unspecified atom stereocenters. The first-order valence-electron chi connectivity index (χ1n) is 5.47. The van der Waals surface area contributed by atoms with Crippen LogP contribution in [0.2, 0.25) is 0 Å². The Labute approximate surface area is 103 Å². The maximum atomic E-state index is 9.99. The van der Waals surface area contributed by atoms with Crippen LogP contribution in [0.4, 0.5) is 5.95 Å². The van der Waals surface area contributed by atoms with E-state index in [0.717, 1.165) is 4.73 Å². The van der Waals surface area contributed by atoms with Crippen LogP contribution >= 0.6 is 0 Å². The lowest BCUT2D eigenvalue weighted by atomic mass is 10.2. The fourth-order valence-corrected chi connectivity index (χ4v) is 1.68. The van der Waals surface area contributed by atoms with E-state index in [1.165, 1.54) is 0 Å². The van der Waals surface area contributed by atoms with Gasteiger partial charge in [-0.3, -0.25) is 5.41 Å². The Kier molecular flexibility index (Phi) is 3.07. The largest absolute Gasteiger partial charge is 0.425 e. The van der Waals surface area contributed by atoms with Crippen molar-refractivity contribution < 1.29 is 10.3 Å². The Morgan fingerprint density at radius 2 is 2.33 bits per heavy atom. The summed E-state index contributed by atoms with van der Waals surface area (Å²) in [5.74, 6) is 0.0671. The molecule has 1 heterocycles. The number of imidazole rings is 1. The first kappa shape index (κ1) is 12.2. The number of nitrogens with one attached hydrogen (secondary N) is 2. The molecule has 0 bridgehead atoms. The fourth-order valence-electron chi connectivity index (χ4n) is 1.68. The summed E-state index contributed by atoms with van der Waals surface area (Å²) in [6.07, 6.45) is -0.558. The molecule has 6 N–H and O–H groups in total. The van der Waals surface area contributed by atoms with Crippen molar-refractivity contribution in [2.75, 3.05) is 11.9 Å². The molecule has 0 saturated carbocycles. The number of nitrogens with zero attached hydrogens (tertiary/aromatic N) is 2. The van der Waals surface area contributed by atoms with Crippen LogP contribution in [0.1, 0.15) is 12.5 Å². The van der Waals surface area contributed by atoms with E-state index in [1.807, 2.05) is 0 Å². The summed E-state index contributed by atoms with van der Waals surface area (Å²) in [6.45, 7) is 1.89. The topological polar surface area (TPSA) is 120 Å². The number of hydrogen-bond donors (Lipinski definition) is 5. The molecule has 0 aliphatic heterocycles. The van der Waals surface area contributed by atoms with Crippen molar-refractivity contribution >= 4 is 22.8 Å². The number of aliphatic hydroxyl groups excluding tert-OH is 1. The zero-order valence-corrected chi connectivity index (χ0v) is 9.88. The summed E-state index contributed by atoms with van der Waals surface area (Å²) in [6, 6.07) is 5.06. The molecule has 1 aromatic carbocycles. The molecule has 18 heavy (non-hydrogen) atoms. The van der Waals surface area contributed by atoms with Crippen molar-refractivity contribution in [2.24, 2.45) is 5.73 Å². The second-order valence-electron chi connectivity index (χ2n) is 4.06. The number of nitrogen functional groups attached to an aromatic ring is 1. The molecule has 0 aliphatic carbocycles. The van der Waals surface area contributed by atoms with Crippen LogP contribution in [-0.4, -0.2) is 38.5 Å². The van der Waals surface area contributed by atoms with E-state index in [2.05, 4.69) is 10.3 Å². The van der Waals surface area contributed by atoms with E-state index in [1.54, 1.807) is 25.1 Å². The van der Waals surface area contributed by atoms with E-state index < -0.39 is 6.10 Å². The predicted octanol–water partition coefficient (Wildman–Crippen LogP) is 0.350. The minimum atomic E-state index is -0.558. The van der Waals surface area contributed by atoms with Gasteiger partial charge >= 0.3 is 0 Å². The fraction of sp³-hybridized carbons (Fsp3) is 0.273. The quantitative estimate of drug-likeness (QED) is 0.304. The maximum Gasteiger partial charge on any atom is 0.237 e. The molecule has 2 aromatic rings. The molecule has 1 aromatic heterocycles. The first-order valence-corrected chi connectivity index (χ1v) is 5.47. The molecular formula is C11H15N5O2. The van der Waals surface area contributed by atoms with Crippen molar-refractivity contribution in [2.45, 2.75) is 13.0 Å². The van der Waals surface area contributed by atoms with Crippen LogP contribution in [0.15, 0.2) is 18.2 Å². The molecule has 0 spiro atoms. The highest BCUT2D eigenvalue weighted by Crippen LogP contribution is 2.21. The number of amidine groups is 1. The van der Waals surface area contributed by atoms with Gasteiger partial charge in [-0.2, -0.15) is 0 Å². The number of benzene rings is 1. The predicted molar refractivity (Wildman–Crippen MR) is 68.1 cm³/mol. The minimum Gasteiger partial charge on any atom is -0.425 e. The molecular weight excluding hydrogens is 234 g/mol. The standard InChI is InChI=1S/C11H15N5O2/c1-6(17)5-14-11-15-8-4-2-3-7(10(12)13)9(8)16(11)18/h2-4,6,17-18H,5H2,1H3,(H3,12,13)(H,14,15). The number of fused-ring (bicyclic) bond motifs is 1. The first-order chi connectivity index (χ1) is 8.50. The van der Waals surface area contributed by atoms with Crippen LogP contribution in [0.3, 0.4) is 0 Å². The van der Waals surface area contributed by atoms with Gasteiger partial charge in [0, 0.05) is 12.1 Å². The van der Waals surface area contributed by atoms with Gasteiger partial charge in [-0.25, -0.2) is 4.98 Å². The zero-order chi connectivity index (χ0) is 13.3. The number of nitrogens with two attached hydrogens (primary N) is 1. The number of hydrogen-bond acceptors (Lipinski definition) is 5. The summed E-state index contributed by atoms with van der Waals surface area (Å²) < 4.78 is 0.842. The number of anilines is 1. The molecule has 0 aliphatic rings. The van der Waals surface area contributed by atoms with Crippen LogP contribution in [0.25, 0.3) is 11.0 Å². The van der Waals surface area contributed by atoms with Crippen molar-refractivity contribution in [3.63, 3.8) is 0 Å². The van der Waals surface area contributed by atoms with E-state index in [4.69, 9.17) is 11.1 Å². The Morgan fingerprint density at radius 1 is 1.61 bits per heavy atom. The van der Waals surface area contributed by atoms with E-state index >= 15 is 0 Å². The normalized spacial score (nSPS) is 12.6. The van der Waals surface area contributed by atoms with Crippen molar-refractivity contribution in [3.8, 4) is 0 Å². The van der Waals surface area contributed by atoms with Gasteiger partial charge in [0.2, 0.25) is 5.95 Å². The number of aliphatic hydroxyl groups is 1. The summed E-state index contributed by atoms with van der Waals surface area (Å²) in [5, 5.41) is 29.4. The average molecular weight is 249 g/mol. The van der Waals surface area contributed by atoms with E-state index in [0.29, 0.717) is 16.6 Å². The molecule has 7 nitrogen and oxygen atoms in total. The maximum absolute atomic E-state index is 9.99. The monoisotopic (exact) mass is 249 g/mol. The van der Waals surface area contributed by atoms with Crippen molar-refractivity contribution in [1.29, 1.82) is 5.41 Å². The number of para-hydroxylation sites is 1. The Morgan fingerprint density at radius 3 is 2.94 bits per heavy atom. The van der Waals surface area contributed by atoms with Crippen LogP contribution in [-0.2, 0) is 0 Å². The second kappa shape index (κ2) is 4.53. The lowest BCUT2D eigenvalue weighted by Crippen LogP contribution is -2.18. The minimum absolute atomic E-state index is 0.141. The van der Waals surface area contributed by atoms with Gasteiger partial charge in [-0.1, -0.05) is 6.07 Å². The van der Waals surface area contributed by atoms with Crippen molar-refractivity contribution in [3.05, 3.63) is 23.8 Å². The smallest absolute Gasteiger partial charge is 0.237 e. The number of rotatable bonds is 4. The zero-order valence-electron chi connectivity index (χ0n) is 9.88. The molecule has 96 valence electrons. The van der Waals surface area contributed by atoms with Gasteiger partial charge in [0.1, 0.15) is 11.4 Å². The molecule has 7 heteroatoms. The highest BCUT2D eigenvalue weighted by molar-refractivity contribution is 6.06. The third-order valence-electron chi connectivity index (χ3n) is 2.50. The van der Waals surface area contributed by atoms with Gasteiger partial charge in [-0.05, 0) is 19.1 Å². The molecule has 1 atom stereocenters. The summed E-state index contributed by atoms with van der Waals surface area (Å²) >= 11 is 0. The third-order valence-corrected chi connectivity index (χ3v) is 2.50. The third kappa shape index (κ3) is 2.07. The van der Waals surface area contributed by atoms with Gasteiger partial charge in [0.05, 0.1) is 11.6 Å². The van der Waals surface area contributed by atoms with Gasteiger partial charge < -0.3 is 21.4 Å². The summed E-state index contributed by atoms with van der Waals surface area (Å²) in [7, 11) is 0. The Balaban J connectivity index is 2.49. The highest BCUT2D eigenvalue weighted by atomic mass is 16.5. The van der Waals surface area contributed by atoms with E-state index in [-0.39, 0.29) is 18.3 Å². The molecule has 0 saturated heterocycles. The van der Waals surface area contributed by atoms with Gasteiger partial charge in [0.25, 0.3) is 0 Å².